The van der Waals surface area contributed by atoms with Crippen molar-refractivity contribution in [2.75, 3.05) is 18.1 Å². The summed E-state index contributed by atoms with van der Waals surface area (Å²) in [6, 6.07) is 7.72. The van der Waals surface area contributed by atoms with Crippen LogP contribution in [0, 0.1) is 25.2 Å². The first-order valence-electron chi connectivity index (χ1n) is 7.70. The predicted molar refractivity (Wildman–Crippen MR) is 90.8 cm³/mol. The lowest BCUT2D eigenvalue weighted by atomic mass is 10.1. The van der Waals surface area contributed by atoms with Crippen LogP contribution in [0.25, 0.3) is 0 Å². The summed E-state index contributed by atoms with van der Waals surface area (Å²) < 4.78 is 5.02. The lowest BCUT2D eigenvalue weighted by Crippen LogP contribution is -2.35. The van der Waals surface area contributed by atoms with Crippen molar-refractivity contribution in [3.63, 3.8) is 0 Å². The second-order valence-electron chi connectivity index (χ2n) is 5.47. The number of rotatable bonds is 6. The smallest absolute Gasteiger partial charge is 0.359 e. The van der Waals surface area contributed by atoms with Crippen LogP contribution in [0.15, 0.2) is 36.8 Å². The highest BCUT2D eigenvalue weighted by molar-refractivity contribution is 5.96. The number of nitrogens with zero attached hydrogens (tertiary/aromatic N) is 4. The number of aryl methyl sites for hydroxylation is 2. The number of hydrogen-bond donors (Lipinski definition) is 0. The number of carbonyl (C=O) groups excluding carboxylic acids is 2. The molecule has 0 aliphatic carbocycles. The number of hydrogen-bond acceptors (Lipinski definition) is 6. The Labute approximate surface area is 145 Å². The van der Waals surface area contributed by atoms with Crippen LogP contribution in [-0.2, 0) is 9.53 Å². The summed E-state index contributed by atoms with van der Waals surface area (Å²) in [5, 5.41) is 8.83. The molecule has 0 saturated heterocycles. The maximum Gasteiger partial charge on any atom is 0.359 e. The van der Waals surface area contributed by atoms with E-state index >= 15 is 0 Å². The van der Waals surface area contributed by atoms with E-state index < -0.39 is 18.5 Å². The molecule has 25 heavy (non-hydrogen) atoms. The van der Waals surface area contributed by atoms with Crippen molar-refractivity contribution >= 4 is 17.6 Å². The van der Waals surface area contributed by atoms with Gasteiger partial charge in [-0.25, -0.2) is 9.78 Å². The average Bonchev–Trinajstić information content (AvgIpc) is 2.60. The standard InChI is InChI=1S/C18H18N4O3/c1-13-8-14(2)10-15(9-13)22(7-3-4-19)17(23)12-25-18(24)16-11-20-5-6-21-16/h5-6,8-11H,3,7,12H2,1-2H3. The van der Waals surface area contributed by atoms with Gasteiger partial charge in [-0.05, 0) is 37.1 Å². The van der Waals surface area contributed by atoms with E-state index in [-0.39, 0.29) is 18.7 Å². The van der Waals surface area contributed by atoms with Gasteiger partial charge < -0.3 is 9.64 Å². The van der Waals surface area contributed by atoms with Crippen molar-refractivity contribution in [2.45, 2.75) is 20.3 Å². The zero-order chi connectivity index (χ0) is 18.2. The van der Waals surface area contributed by atoms with Crippen molar-refractivity contribution in [3.8, 4) is 6.07 Å². The Morgan fingerprint density at radius 2 is 1.92 bits per heavy atom. The molecule has 0 saturated carbocycles. The van der Waals surface area contributed by atoms with Gasteiger partial charge >= 0.3 is 5.97 Å². The van der Waals surface area contributed by atoms with E-state index in [4.69, 9.17) is 10.00 Å². The Balaban J connectivity index is 2.10. The molecule has 2 rings (SSSR count). The molecule has 1 aromatic carbocycles. The maximum atomic E-state index is 12.5. The van der Waals surface area contributed by atoms with Gasteiger partial charge in [-0.15, -0.1) is 0 Å². The SMILES string of the molecule is Cc1cc(C)cc(N(CCC#N)C(=O)COC(=O)c2cnccn2)c1. The molecule has 0 bridgehead atoms. The summed E-state index contributed by atoms with van der Waals surface area (Å²) in [6.45, 7) is 3.64. The van der Waals surface area contributed by atoms with E-state index in [1.165, 1.54) is 23.5 Å². The molecule has 2 aromatic rings. The topological polar surface area (TPSA) is 96.2 Å². The van der Waals surface area contributed by atoms with Crippen LogP contribution in [0.1, 0.15) is 28.0 Å². The number of ether oxygens (including phenoxy) is 1. The Morgan fingerprint density at radius 3 is 2.52 bits per heavy atom. The zero-order valence-electron chi connectivity index (χ0n) is 14.1. The molecule has 0 spiro atoms. The van der Waals surface area contributed by atoms with Gasteiger partial charge in [0.15, 0.2) is 12.3 Å². The van der Waals surface area contributed by atoms with Crippen molar-refractivity contribution in [2.24, 2.45) is 0 Å². The highest BCUT2D eigenvalue weighted by atomic mass is 16.5. The summed E-state index contributed by atoms with van der Waals surface area (Å²) in [4.78, 5) is 33.5. The summed E-state index contributed by atoms with van der Waals surface area (Å²) in [5.41, 5.74) is 2.71. The fourth-order valence-electron chi connectivity index (χ4n) is 2.35. The number of benzene rings is 1. The Morgan fingerprint density at radius 1 is 1.20 bits per heavy atom. The first-order chi connectivity index (χ1) is 12.0. The van der Waals surface area contributed by atoms with Crippen LogP contribution >= 0.6 is 0 Å². The second-order valence-corrected chi connectivity index (χ2v) is 5.47. The zero-order valence-corrected chi connectivity index (χ0v) is 14.1. The van der Waals surface area contributed by atoms with Crippen LogP contribution < -0.4 is 4.90 Å². The first-order valence-corrected chi connectivity index (χ1v) is 7.70. The monoisotopic (exact) mass is 338 g/mol. The maximum absolute atomic E-state index is 12.5. The van der Waals surface area contributed by atoms with Crippen molar-refractivity contribution in [3.05, 3.63) is 53.6 Å². The van der Waals surface area contributed by atoms with Crippen molar-refractivity contribution < 1.29 is 14.3 Å². The van der Waals surface area contributed by atoms with Crippen molar-refractivity contribution in [1.82, 2.24) is 9.97 Å². The minimum Gasteiger partial charge on any atom is -0.451 e. The largest absolute Gasteiger partial charge is 0.451 e. The number of nitriles is 1. The molecule has 0 N–H and O–H groups in total. The lowest BCUT2D eigenvalue weighted by molar-refractivity contribution is -0.121. The van der Waals surface area contributed by atoms with Gasteiger partial charge in [0.2, 0.25) is 0 Å². The number of amides is 1. The predicted octanol–water partition coefficient (Wildman–Crippen LogP) is 2.20. The van der Waals surface area contributed by atoms with Gasteiger partial charge in [-0.3, -0.25) is 9.78 Å². The molecular formula is C18H18N4O3. The van der Waals surface area contributed by atoms with Crippen LogP contribution in [0.2, 0.25) is 0 Å². The Bertz CT molecular complexity index is 779. The third-order valence-corrected chi connectivity index (χ3v) is 3.37. The minimum absolute atomic E-state index is 0.0327. The molecule has 0 aliphatic heterocycles. The molecule has 0 radical (unpaired) electrons. The third-order valence-electron chi connectivity index (χ3n) is 3.37. The number of aromatic nitrogens is 2. The van der Waals surface area contributed by atoms with E-state index in [0.717, 1.165) is 11.1 Å². The molecule has 0 fully saturated rings. The second kappa shape index (κ2) is 8.55. The fraction of sp³-hybridized carbons (Fsp3) is 0.278. The van der Waals surface area contributed by atoms with Gasteiger partial charge in [0.1, 0.15) is 0 Å². The lowest BCUT2D eigenvalue weighted by Gasteiger charge is -2.22. The highest BCUT2D eigenvalue weighted by Gasteiger charge is 2.19. The molecule has 128 valence electrons. The van der Waals surface area contributed by atoms with Gasteiger partial charge in [-0.1, -0.05) is 6.07 Å². The van der Waals surface area contributed by atoms with Gasteiger partial charge in [0.05, 0.1) is 18.7 Å². The van der Waals surface area contributed by atoms with Crippen LogP contribution in [0.4, 0.5) is 5.69 Å². The van der Waals surface area contributed by atoms with E-state index in [1.54, 1.807) is 0 Å². The molecular weight excluding hydrogens is 320 g/mol. The minimum atomic E-state index is -0.720. The number of esters is 1. The molecule has 1 heterocycles. The summed E-state index contributed by atoms with van der Waals surface area (Å²) in [6.07, 6.45) is 4.25. The van der Waals surface area contributed by atoms with E-state index in [0.29, 0.717) is 5.69 Å². The molecule has 0 atom stereocenters. The van der Waals surface area contributed by atoms with Gasteiger partial charge in [-0.2, -0.15) is 5.26 Å². The molecule has 1 amide bonds. The van der Waals surface area contributed by atoms with Crippen LogP contribution in [0.5, 0.6) is 0 Å². The van der Waals surface area contributed by atoms with Gasteiger partial charge in [0.25, 0.3) is 5.91 Å². The van der Waals surface area contributed by atoms with Crippen LogP contribution in [0.3, 0.4) is 0 Å². The van der Waals surface area contributed by atoms with E-state index in [9.17, 15) is 9.59 Å². The van der Waals surface area contributed by atoms with E-state index in [1.807, 2.05) is 38.1 Å². The fourth-order valence-corrected chi connectivity index (χ4v) is 2.35. The molecule has 1 aromatic heterocycles. The Hall–Kier alpha value is -3.27. The Kier molecular flexibility index (Phi) is 6.18. The normalized spacial score (nSPS) is 9.96. The molecule has 7 heteroatoms. The van der Waals surface area contributed by atoms with Crippen molar-refractivity contribution in [1.29, 1.82) is 5.26 Å². The quantitative estimate of drug-likeness (QED) is 0.749. The third kappa shape index (κ3) is 5.11. The molecule has 0 aliphatic rings. The first kappa shape index (κ1) is 18.1. The number of carbonyl (C=O) groups is 2. The number of anilines is 1. The van der Waals surface area contributed by atoms with Crippen LogP contribution in [-0.4, -0.2) is 35.0 Å². The summed E-state index contributed by atoms with van der Waals surface area (Å²) in [7, 11) is 0. The highest BCUT2D eigenvalue weighted by Crippen LogP contribution is 2.19. The summed E-state index contributed by atoms with van der Waals surface area (Å²) in [5.74, 6) is -1.13. The average molecular weight is 338 g/mol. The molecule has 7 nitrogen and oxygen atoms in total. The molecule has 0 unspecified atom stereocenters. The van der Waals surface area contributed by atoms with Gasteiger partial charge in [0, 0.05) is 24.6 Å². The van der Waals surface area contributed by atoms with E-state index in [2.05, 4.69) is 9.97 Å². The summed E-state index contributed by atoms with van der Waals surface area (Å²) >= 11 is 0.